The van der Waals surface area contributed by atoms with Crippen molar-refractivity contribution in [2.24, 2.45) is 0 Å². The number of carbonyl (C=O) groups excluding carboxylic acids is 2. The number of esters is 1. The summed E-state index contributed by atoms with van der Waals surface area (Å²) in [5.74, 6) is -0.198. The van der Waals surface area contributed by atoms with Crippen LogP contribution in [0.15, 0.2) is 48.5 Å². The Bertz CT molecular complexity index is 975. The van der Waals surface area contributed by atoms with Crippen molar-refractivity contribution in [2.75, 3.05) is 0 Å². The normalized spacial score (nSPS) is 16.8. The number of hydrogen-bond donors (Lipinski definition) is 0. The maximum absolute atomic E-state index is 12.3. The van der Waals surface area contributed by atoms with E-state index < -0.39 is 0 Å². The summed E-state index contributed by atoms with van der Waals surface area (Å²) >= 11 is 6.11. The van der Waals surface area contributed by atoms with Crippen molar-refractivity contribution in [1.82, 2.24) is 4.57 Å². The molecule has 0 saturated carbocycles. The monoisotopic (exact) mass is 339 g/mol. The summed E-state index contributed by atoms with van der Waals surface area (Å²) < 4.78 is 7.12. The van der Waals surface area contributed by atoms with Crippen LogP contribution in [-0.4, -0.2) is 16.4 Å². The minimum Gasteiger partial charge on any atom is -0.424 e. The molecule has 3 aromatic rings. The maximum Gasteiger partial charge on any atom is 0.312 e. The molecule has 1 aliphatic heterocycles. The smallest absolute Gasteiger partial charge is 0.312 e. The topological polar surface area (TPSA) is 48.3 Å². The van der Waals surface area contributed by atoms with Crippen LogP contribution in [0.3, 0.4) is 0 Å². The lowest BCUT2D eigenvalue weighted by Gasteiger charge is -2.24. The summed E-state index contributed by atoms with van der Waals surface area (Å²) in [7, 11) is 0. The summed E-state index contributed by atoms with van der Waals surface area (Å²) in [5, 5.41) is 1.25. The van der Waals surface area contributed by atoms with Gasteiger partial charge < -0.3 is 4.74 Å². The predicted octanol–water partition coefficient (Wildman–Crippen LogP) is 4.40. The van der Waals surface area contributed by atoms with Crippen LogP contribution in [0.1, 0.15) is 35.3 Å². The molecular formula is C19H14ClNO3. The molecule has 0 fully saturated rings. The van der Waals surface area contributed by atoms with E-state index in [9.17, 15) is 9.59 Å². The van der Waals surface area contributed by atoms with Crippen molar-refractivity contribution < 1.29 is 14.3 Å². The number of rotatable bonds is 1. The molecule has 1 aliphatic rings. The van der Waals surface area contributed by atoms with E-state index in [-0.39, 0.29) is 24.2 Å². The number of fused-ring (bicyclic) bond motifs is 3. The Labute approximate surface area is 143 Å². The van der Waals surface area contributed by atoms with Crippen LogP contribution in [0.25, 0.3) is 10.9 Å². The van der Waals surface area contributed by atoms with Crippen molar-refractivity contribution in [1.29, 1.82) is 0 Å². The first-order chi connectivity index (χ1) is 11.6. The molecule has 1 unspecified atom stereocenters. The molecule has 2 heterocycles. The van der Waals surface area contributed by atoms with Gasteiger partial charge >= 0.3 is 5.97 Å². The van der Waals surface area contributed by atoms with Gasteiger partial charge in [-0.2, -0.15) is 0 Å². The highest BCUT2D eigenvalue weighted by Crippen LogP contribution is 2.45. The van der Waals surface area contributed by atoms with Gasteiger partial charge in [-0.05, 0) is 23.8 Å². The summed E-state index contributed by atoms with van der Waals surface area (Å²) in [4.78, 5) is 24.5. The van der Waals surface area contributed by atoms with E-state index in [0.717, 1.165) is 10.9 Å². The molecule has 24 heavy (non-hydrogen) atoms. The lowest BCUT2D eigenvalue weighted by atomic mass is 9.90. The highest BCUT2D eigenvalue weighted by molar-refractivity contribution is 6.31. The first-order valence-corrected chi connectivity index (χ1v) is 8.04. The quantitative estimate of drug-likeness (QED) is 0.617. The van der Waals surface area contributed by atoms with Crippen molar-refractivity contribution >= 4 is 34.4 Å². The Morgan fingerprint density at radius 1 is 1.21 bits per heavy atom. The number of aromatic nitrogens is 1. The van der Waals surface area contributed by atoms with Gasteiger partial charge in [0.25, 0.3) is 0 Å². The van der Waals surface area contributed by atoms with E-state index in [1.807, 2.05) is 30.3 Å². The highest BCUT2D eigenvalue weighted by atomic mass is 35.5. The van der Waals surface area contributed by atoms with Gasteiger partial charge in [0.1, 0.15) is 0 Å². The minimum absolute atomic E-state index is 0.137. The van der Waals surface area contributed by atoms with E-state index >= 15 is 0 Å². The fourth-order valence-electron chi connectivity index (χ4n) is 3.39. The van der Waals surface area contributed by atoms with Crippen LogP contribution in [0.5, 0.6) is 5.75 Å². The van der Waals surface area contributed by atoms with Crippen LogP contribution >= 0.6 is 11.6 Å². The number of ether oxygens (including phenoxy) is 1. The van der Waals surface area contributed by atoms with Crippen molar-refractivity contribution in [2.45, 2.75) is 19.3 Å². The molecule has 0 radical (unpaired) electrons. The van der Waals surface area contributed by atoms with Crippen LogP contribution < -0.4 is 4.74 Å². The minimum atomic E-state index is -0.297. The van der Waals surface area contributed by atoms with E-state index in [4.69, 9.17) is 16.3 Å². The summed E-state index contributed by atoms with van der Waals surface area (Å²) in [6.07, 6.45) is 0.203. The van der Waals surface area contributed by atoms with Gasteiger partial charge in [-0.25, -0.2) is 0 Å². The molecule has 120 valence electrons. The standard InChI is InChI=1S/C19H14ClNO3/c1-11(22)21-16-9-13(20)7-8-14(16)19-18(21)15(10-17(23)24-19)12-5-3-2-4-6-12/h2-9,15H,10H2,1H3. The van der Waals surface area contributed by atoms with Crippen molar-refractivity contribution in [3.63, 3.8) is 0 Å². The van der Waals surface area contributed by atoms with Gasteiger partial charge in [-0.1, -0.05) is 41.9 Å². The average molecular weight is 340 g/mol. The first kappa shape index (κ1) is 15.0. The Hall–Kier alpha value is -2.59. The molecule has 0 aliphatic carbocycles. The maximum atomic E-state index is 12.3. The summed E-state index contributed by atoms with van der Waals surface area (Å²) in [6, 6.07) is 14.9. The first-order valence-electron chi connectivity index (χ1n) is 7.66. The summed E-state index contributed by atoms with van der Waals surface area (Å²) in [6.45, 7) is 1.50. The lowest BCUT2D eigenvalue weighted by molar-refractivity contribution is -0.135. The van der Waals surface area contributed by atoms with E-state index in [1.165, 1.54) is 6.92 Å². The number of benzene rings is 2. The molecule has 0 N–H and O–H groups in total. The third-order valence-electron chi connectivity index (χ3n) is 4.35. The molecule has 4 rings (SSSR count). The van der Waals surface area contributed by atoms with E-state index in [0.29, 0.717) is 22.0 Å². The molecule has 0 saturated heterocycles. The van der Waals surface area contributed by atoms with E-state index in [2.05, 4.69) is 0 Å². The zero-order valence-electron chi connectivity index (χ0n) is 13.0. The SMILES string of the molecule is CC(=O)n1c2c(c3ccc(Cl)cc31)OC(=O)CC2c1ccccc1. The largest absolute Gasteiger partial charge is 0.424 e. The molecular weight excluding hydrogens is 326 g/mol. The number of carbonyl (C=O) groups is 2. The molecule has 1 atom stereocenters. The Kier molecular flexibility index (Phi) is 3.43. The third-order valence-corrected chi connectivity index (χ3v) is 4.59. The molecule has 5 heteroatoms. The second kappa shape index (κ2) is 5.49. The number of hydrogen-bond acceptors (Lipinski definition) is 3. The van der Waals surface area contributed by atoms with Crippen LogP contribution in [0.4, 0.5) is 0 Å². The van der Waals surface area contributed by atoms with Gasteiger partial charge in [-0.15, -0.1) is 0 Å². The molecule has 0 spiro atoms. The zero-order chi connectivity index (χ0) is 16.8. The van der Waals surface area contributed by atoms with Gasteiger partial charge in [0.05, 0.1) is 17.6 Å². The Balaban J connectivity index is 2.07. The third kappa shape index (κ3) is 2.22. The van der Waals surface area contributed by atoms with Gasteiger partial charge in [0.2, 0.25) is 5.91 Å². The van der Waals surface area contributed by atoms with E-state index in [1.54, 1.807) is 22.8 Å². The molecule has 2 aromatic carbocycles. The van der Waals surface area contributed by atoms with Crippen LogP contribution in [-0.2, 0) is 4.79 Å². The number of halogens is 1. The highest BCUT2D eigenvalue weighted by Gasteiger charge is 2.35. The Morgan fingerprint density at radius 3 is 2.67 bits per heavy atom. The van der Waals surface area contributed by atoms with Gasteiger partial charge in [0, 0.05) is 23.3 Å². The van der Waals surface area contributed by atoms with Crippen molar-refractivity contribution in [3.8, 4) is 5.75 Å². The number of nitrogens with zero attached hydrogens (tertiary/aromatic N) is 1. The summed E-state index contributed by atoms with van der Waals surface area (Å²) in [5.41, 5.74) is 2.35. The lowest BCUT2D eigenvalue weighted by Crippen LogP contribution is -2.24. The zero-order valence-corrected chi connectivity index (χ0v) is 13.7. The predicted molar refractivity (Wildman–Crippen MR) is 91.8 cm³/mol. The Morgan fingerprint density at radius 2 is 1.96 bits per heavy atom. The van der Waals surface area contributed by atoms with Gasteiger partial charge in [-0.3, -0.25) is 14.2 Å². The molecule has 0 bridgehead atoms. The van der Waals surface area contributed by atoms with Crippen molar-refractivity contribution in [3.05, 3.63) is 64.8 Å². The second-order valence-electron chi connectivity index (χ2n) is 5.87. The fraction of sp³-hybridized carbons (Fsp3) is 0.158. The van der Waals surface area contributed by atoms with Gasteiger partial charge in [0.15, 0.2) is 5.75 Å². The molecule has 0 amide bonds. The fourth-order valence-corrected chi connectivity index (χ4v) is 3.56. The second-order valence-corrected chi connectivity index (χ2v) is 6.31. The average Bonchev–Trinajstić information content (AvgIpc) is 2.88. The van der Waals surface area contributed by atoms with Crippen LogP contribution in [0, 0.1) is 0 Å². The molecule has 4 nitrogen and oxygen atoms in total. The molecule has 1 aromatic heterocycles. The van der Waals surface area contributed by atoms with Crippen LogP contribution in [0.2, 0.25) is 5.02 Å².